The topological polar surface area (TPSA) is 60.7 Å². The van der Waals surface area contributed by atoms with Gasteiger partial charge in [-0.25, -0.2) is 0 Å². The van der Waals surface area contributed by atoms with Crippen molar-refractivity contribution in [3.05, 3.63) is 0 Å². The molecule has 0 aliphatic rings. The zero-order valence-electron chi connectivity index (χ0n) is 11.8. The molecule has 3 heteroatoms. The quantitative estimate of drug-likeness (QED) is 0.421. The van der Waals surface area contributed by atoms with E-state index in [-0.39, 0.29) is 12.7 Å². The smallest absolute Gasteiger partial charge is 0.0562 e. The second-order valence-corrected chi connectivity index (χ2v) is 5.21. The van der Waals surface area contributed by atoms with Gasteiger partial charge in [0.1, 0.15) is 0 Å². The summed E-state index contributed by atoms with van der Waals surface area (Å²) < 4.78 is 0. The number of hydrogen-bond donors (Lipinski definition) is 3. The van der Waals surface area contributed by atoms with E-state index >= 15 is 0 Å². The maximum atomic E-state index is 9.41. The van der Waals surface area contributed by atoms with Crippen molar-refractivity contribution in [3.63, 3.8) is 0 Å². The number of aliphatic hydroxyl groups excluding tert-OH is 3. The highest BCUT2D eigenvalue weighted by Crippen LogP contribution is 2.12. The molecule has 0 aromatic heterocycles. The van der Waals surface area contributed by atoms with Crippen LogP contribution in [0.15, 0.2) is 0 Å². The van der Waals surface area contributed by atoms with Gasteiger partial charge in [0.2, 0.25) is 0 Å². The lowest BCUT2D eigenvalue weighted by Crippen LogP contribution is -2.08. The monoisotopic (exact) mass is 260 g/mol. The summed E-state index contributed by atoms with van der Waals surface area (Å²) in [6, 6.07) is 0. The summed E-state index contributed by atoms with van der Waals surface area (Å²) in [4.78, 5) is 0. The summed E-state index contributed by atoms with van der Waals surface area (Å²) in [5, 5.41) is 26.7. The Morgan fingerprint density at radius 2 is 0.944 bits per heavy atom. The van der Waals surface area contributed by atoms with E-state index in [2.05, 4.69) is 0 Å². The number of hydrogen-bond acceptors (Lipinski definition) is 3. The molecular formula is C15H32O3. The first-order valence-corrected chi connectivity index (χ1v) is 7.71. The predicted molar refractivity (Wildman–Crippen MR) is 75.6 cm³/mol. The Hall–Kier alpha value is -0.120. The third kappa shape index (κ3) is 13.9. The molecule has 0 saturated heterocycles. The molecule has 0 amide bonds. The summed E-state index contributed by atoms with van der Waals surface area (Å²) in [6.07, 6.45) is 13.2. The van der Waals surface area contributed by atoms with E-state index in [0.717, 1.165) is 19.3 Å². The molecule has 1 atom stereocenters. The third-order valence-electron chi connectivity index (χ3n) is 3.41. The van der Waals surface area contributed by atoms with Gasteiger partial charge in [0.15, 0.2) is 0 Å². The summed E-state index contributed by atoms with van der Waals surface area (Å²) in [5.74, 6) is 0. The first-order chi connectivity index (χ1) is 8.81. The molecule has 0 heterocycles. The van der Waals surface area contributed by atoms with E-state index in [0.29, 0.717) is 13.0 Å². The van der Waals surface area contributed by atoms with Crippen molar-refractivity contribution < 1.29 is 15.3 Å². The highest BCUT2D eigenvalue weighted by atomic mass is 16.3. The van der Waals surface area contributed by atoms with Crippen LogP contribution in [0.4, 0.5) is 0 Å². The molecule has 0 spiro atoms. The van der Waals surface area contributed by atoms with E-state index in [1.54, 1.807) is 0 Å². The molecule has 3 N–H and O–H groups in total. The van der Waals surface area contributed by atoms with E-state index in [9.17, 15) is 5.11 Å². The van der Waals surface area contributed by atoms with Crippen LogP contribution in [0, 0.1) is 0 Å². The predicted octanol–water partition coefficient (Wildman–Crippen LogP) is 3.01. The maximum absolute atomic E-state index is 9.41. The van der Waals surface area contributed by atoms with Crippen molar-refractivity contribution >= 4 is 0 Å². The molecule has 0 aromatic rings. The Balaban J connectivity index is 2.98. The molecule has 0 fully saturated rings. The lowest BCUT2D eigenvalue weighted by Gasteiger charge is -2.08. The molecule has 1 unspecified atom stereocenters. The molecule has 3 nitrogen and oxygen atoms in total. The maximum Gasteiger partial charge on any atom is 0.0562 e. The molecule has 0 aliphatic heterocycles. The highest BCUT2D eigenvalue weighted by Gasteiger charge is 2.02. The molecular weight excluding hydrogens is 228 g/mol. The molecule has 0 aliphatic carbocycles. The van der Waals surface area contributed by atoms with Gasteiger partial charge in [-0.15, -0.1) is 0 Å². The summed E-state index contributed by atoms with van der Waals surface area (Å²) in [6.45, 7) is 0.430. The van der Waals surface area contributed by atoms with Crippen LogP contribution >= 0.6 is 0 Å². The summed E-state index contributed by atoms with van der Waals surface area (Å²) in [5.41, 5.74) is 0. The van der Waals surface area contributed by atoms with Crippen LogP contribution in [-0.2, 0) is 0 Å². The summed E-state index contributed by atoms with van der Waals surface area (Å²) >= 11 is 0. The average Bonchev–Trinajstić information content (AvgIpc) is 2.36. The first-order valence-electron chi connectivity index (χ1n) is 7.71. The average molecular weight is 260 g/mol. The van der Waals surface area contributed by atoms with Crippen LogP contribution in [-0.4, -0.2) is 34.6 Å². The molecule has 18 heavy (non-hydrogen) atoms. The van der Waals surface area contributed by atoms with Crippen LogP contribution < -0.4 is 0 Å². The van der Waals surface area contributed by atoms with Gasteiger partial charge in [0, 0.05) is 13.2 Å². The fourth-order valence-corrected chi connectivity index (χ4v) is 2.20. The van der Waals surface area contributed by atoms with Gasteiger partial charge in [0.05, 0.1) is 6.10 Å². The van der Waals surface area contributed by atoms with Gasteiger partial charge in [-0.1, -0.05) is 57.8 Å². The molecule has 0 bridgehead atoms. The molecule has 0 rings (SSSR count). The molecule has 0 saturated carbocycles. The minimum atomic E-state index is -0.304. The van der Waals surface area contributed by atoms with Gasteiger partial charge in [-0.05, 0) is 19.3 Å². The number of rotatable bonds is 14. The lowest BCUT2D eigenvalue weighted by molar-refractivity contribution is 0.122. The van der Waals surface area contributed by atoms with Crippen LogP contribution in [0.5, 0.6) is 0 Å². The Morgan fingerprint density at radius 3 is 1.39 bits per heavy atom. The normalized spacial score (nSPS) is 12.8. The van der Waals surface area contributed by atoms with E-state index < -0.39 is 0 Å². The Morgan fingerprint density at radius 1 is 0.500 bits per heavy atom. The Labute approximate surface area is 112 Å². The molecule has 110 valence electrons. The van der Waals surface area contributed by atoms with Gasteiger partial charge < -0.3 is 15.3 Å². The summed E-state index contributed by atoms with van der Waals surface area (Å²) in [7, 11) is 0. The van der Waals surface area contributed by atoms with E-state index in [1.165, 1.54) is 51.4 Å². The largest absolute Gasteiger partial charge is 0.396 e. The SMILES string of the molecule is OCCCCCCCCCCCCC(O)CCO. The van der Waals surface area contributed by atoms with Crippen molar-refractivity contribution in [1.82, 2.24) is 0 Å². The van der Waals surface area contributed by atoms with Crippen LogP contribution in [0.1, 0.15) is 77.0 Å². The molecule has 0 radical (unpaired) electrons. The minimum Gasteiger partial charge on any atom is -0.396 e. The first kappa shape index (κ1) is 17.9. The third-order valence-corrected chi connectivity index (χ3v) is 3.41. The van der Waals surface area contributed by atoms with Crippen molar-refractivity contribution in [3.8, 4) is 0 Å². The Kier molecular flexibility index (Phi) is 14.8. The zero-order chi connectivity index (χ0) is 13.5. The zero-order valence-corrected chi connectivity index (χ0v) is 11.8. The fourth-order valence-electron chi connectivity index (χ4n) is 2.20. The fraction of sp³-hybridized carbons (Fsp3) is 1.00. The van der Waals surface area contributed by atoms with Gasteiger partial charge in [-0.3, -0.25) is 0 Å². The van der Waals surface area contributed by atoms with E-state index in [4.69, 9.17) is 10.2 Å². The van der Waals surface area contributed by atoms with Crippen molar-refractivity contribution in [2.24, 2.45) is 0 Å². The van der Waals surface area contributed by atoms with Crippen molar-refractivity contribution in [1.29, 1.82) is 0 Å². The second kappa shape index (κ2) is 14.9. The highest BCUT2D eigenvalue weighted by molar-refractivity contribution is 4.55. The number of unbranched alkanes of at least 4 members (excludes halogenated alkanes) is 9. The van der Waals surface area contributed by atoms with Crippen LogP contribution in [0.25, 0.3) is 0 Å². The second-order valence-electron chi connectivity index (χ2n) is 5.21. The van der Waals surface area contributed by atoms with Crippen molar-refractivity contribution in [2.75, 3.05) is 13.2 Å². The molecule has 0 aromatic carbocycles. The Bertz CT molecular complexity index is 151. The van der Waals surface area contributed by atoms with Crippen molar-refractivity contribution in [2.45, 2.75) is 83.2 Å². The van der Waals surface area contributed by atoms with Gasteiger partial charge >= 0.3 is 0 Å². The van der Waals surface area contributed by atoms with Gasteiger partial charge in [0.25, 0.3) is 0 Å². The van der Waals surface area contributed by atoms with Crippen LogP contribution in [0.2, 0.25) is 0 Å². The standard InChI is InChI=1S/C15H32O3/c16-13-10-8-6-4-2-1-3-5-7-9-11-15(18)12-14-17/h15-18H,1-14H2. The van der Waals surface area contributed by atoms with E-state index in [1.807, 2.05) is 0 Å². The minimum absolute atomic E-state index is 0.0947. The van der Waals surface area contributed by atoms with Gasteiger partial charge in [-0.2, -0.15) is 0 Å². The van der Waals surface area contributed by atoms with Crippen LogP contribution in [0.3, 0.4) is 0 Å². The lowest BCUT2D eigenvalue weighted by atomic mass is 10.0. The number of aliphatic hydroxyl groups is 3.